The van der Waals surface area contributed by atoms with Crippen LogP contribution in [0.3, 0.4) is 0 Å². The summed E-state index contributed by atoms with van der Waals surface area (Å²) in [6, 6.07) is 1.79. The van der Waals surface area contributed by atoms with Crippen molar-refractivity contribution in [2.24, 2.45) is 18.7 Å². The van der Waals surface area contributed by atoms with Crippen molar-refractivity contribution in [3.63, 3.8) is 0 Å². The molecule has 0 spiro atoms. The van der Waals surface area contributed by atoms with E-state index in [4.69, 9.17) is 5.73 Å². The van der Waals surface area contributed by atoms with Gasteiger partial charge in [-0.15, -0.1) is 0 Å². The van der Waals surface area contributed by atoms with Gasteiger partial charge in [-0.2, -0.15) is 5.10 Å². The zero-order valence-electron chi connectivity index (χ0n) is 11.0. The molecule has 5 heteroatoms. The highest BCUT2D eigenvalue weighted by Gasteiger charge is 2.39. The Morgan fingerprint density at radius 2 is 2.33 bits per heavy atom. The van der Waals surface area contributed by atoms with E-state index in [0.717, 1.165) is 17.8 Å². The lowest BCUT2D eigenvalue weighted by Crippen LogP contribution is -2.18. The molecule has 0 aliphatic heterocycles. The highest BCUT2D eigenvalue weighted by Crippen LogP contribution is 2.42. The van der Waals surface area contributed by atoms with Gasteiger partial charge in [0.2, 0.25) is 5.92 Å². The van der Waals surface area contributed by atoms with E-state index >= 15 is 0 Å². The SMILES string of the molecule is CCc1cc(C(N)CC2CCC(F)(F)C2)n(C)n1. The predicted octanol–water partition coefficient (Wildman–Crippen LogP) is 2.81. The molecule has 1 saturated carbocycles. The molecule has 0 bridgehead atoms. The molecule has 0 amide bonds. The summed E-state index contributed by atoms with van der Waals surface area (Å²) in [5, 5.41) is 4.34. The van der Waals surface area contributed by atoms with Crippen LogP contribution in [-0.2, 0) is 13.5 Å². The molecule has 0 saturated heterocycles. The third-order valence-electron chi connectivity index (χ3n) is 3.80. The van der Waals surface area contributed by atoms with Crippen LogP contribution in [0.15, 0.2) is 6.07 Å². The molecule has 0 aromatic carbocycles. The van der Waals surface area contributed by atoms with Crippen LogP contribution >= 0.6 is 0 Å². The maximum atomic E-state index is 13.1. The van der Waals surface area contributed by atoms with Crippen LogP contribution in [0.1, 0.15) is 50.0 Å². The molecule has 1 fully saturated rings. The molecular weight excluding hydrogens is 236 g/mol. The summed E-state index contributed by atoms with van der Waals surface area (Å²) >= 11 is 0. The Kier molecular flexibility index (Phi) is 3.71. The van der Waals surface area contributed by atoms with Crippen LogP contribution in [0, 0.1) is 5.92 Å². The molecule has 2 atom stereocenters. The Labute approximate surface area is 106 Å². The van der Waals surface area contributed by atoms with E-state index in [1.54, 1.807) is 4.68 Å². The number of rotatable bonds is 4. The number of hydrogen-bond donors (Lipinski definition) is 1. The number of aryl methyl sites for hydroxylation is 2. The number of alkyl halides is 2. The Morgan fingerprint density at radius 1 is 1.61 bits per heavy atom. The van der Waals surface area contributed by atoms with Gasteiger partial charge in [0, 0.05) is 25.9 Å². The van der Waals surface area contributed by atoms with Gasteiger partial charge in [0.1, 0.15) is 0 Å². The Bertz CT molecular complexity index is 414. The molecule has 0 radical (unpaired) electrons. The molecule has 18 heavy (non-hydrogen) atoms. The van der Waals surface area contributed by atoms with Gasteiger partial charge in [-0.25, -0.2) is 8.78 Å². The Hall–Kier alpha value is -0.970. The molecule has 2 N–H and O–H groups in total. The second-order valence-electron chi connectivity index (χ2n) is 5.34. The fourth-order valence-electron chi connectivity index (χ4n) is 2.79. The zero-order chi connectivity index (χ0) is 13.3. The molecule has 3 nitrogen and oxygen atoms in total. The van der Waals surface area contributed by atoms with Gasteiger partial charge in [-0.05, 0) is 31.2 Å². The number of aromatic nitrogens is 2. The minimum atomic E-state index is -2.48. The minimum Gasteiger partial charge on any atom is -0.323 e. The summed E-state index contributed by atoms with van der Waals surface area (Å²) in [4.78, 5) is 0. The minimum absolute atomic E-state index is 0.00990. The van der Waals surface area contributed by atoms with Crippen LogP contribution in [0.4, 0.5) is 8.78 Å². The normalized spacial score (nSPS) is 24.4. The lowest BCUT2D eigenvalue weighted by molar-refractivity contribution is 0.00444. The second kappa shape index (κ2) is 4.96. The molecule has 2 unspecified atom stereocenters. The fraction of sp³-hybridized carbons (Fsp3) is 0.769. The van der Waals surface area contributed by atoms with E-state index < -0.39 is 5.92 Å². The predicted molar refractivity (Wildman–Crippen MR) is 66.4 cm³/mol. The van der Waals surface area contributed by atoms with E-state index in [2.05, 4.69) is 5.10 Å². The van der Waals surface area contributed by atoms with Gasteiger partial charge in [0.25, 0.3) is 0 Å². The van der Waals surface area contributed by atoms with Crippen molar-refractivity contribution in [3.05, 3.63) is 17.5 Å². The molecule has 2 rings (SSSR count). The topological polar surface area (TPSA) is 43.8 Å². The first-order valence-corrected chi connectivity index (χ1v) is 6.57. The van der Waals surface area contributed by atoms with E-state index in [9.17, 15) is 8.78 Å². The van der Waals surface area contributed by atoms with Crippen LogP contribution < -0.4 is 5.73 Å². The van der Waals surface area contributed by atoms with Crippen LogP contribution in [0.5, 0.6) is 0 Å². The number of nitrogens with two attached hydrogens (primary N) is 1. The first kappa shape index (κ1) is 13.5. The smallest absolute Gasteiger partial charge is 0.248 e. The molecule has 1 aromatic rings. The van der Waals surface area contributed by atoms with Crippen molar-refractivity contribution in [1.82, 2.24) is 9.78 Å². The van der Waals surface area contributed by atoms with E-state index in [-0.39, 0.29) is 24.8 Å². The number of halogens is 2. The van der Waals surface area contributed by atoms with Crippen LogP contribution in [0.25, 0.3) is 0 Å². The summed E-state index contributed by atoms with van der Waals surface area (Å²) in [6.45, 7) is 2.04. The highest BCUT2D eigenvalue weighted by molar-refractivity contribution is 5.14. The molecule has 1 aliphatic rings. The maximum absolute atomic E-state index is 13.1. The number of nitrogens with zero attached hydrogens (tertiary/aromatic N) is 2. The quantitative estimate of drug-likeness (QED) is 0.901. The van der Waals surface area contributed by atoms with Crippen molar-refractivity contribution >= 4 is 0 Å². The molecule has 102 valence electrons. The Morgan fingerprint density at radius 3 is 2.83 bits per heavy atom. The van der Waals surface area contributed by atoms with Gasteiger partial charge in [-0.3, -0.25) is 4.68 Å². The zero-order valence-corrected chi connectivity index (χ0v) is 11.0. The van der Waals surface area contributed by atoms with Crippen molar-refractivity contribution in [2.75, 3.05) is 0 Å². The monoisotopic (exact) mass is 257 g/mol. The lowest BCUT2D eigenvalue weighted by atomic mass is 9.96. The average molecular weight is 257 g/mol. The van der Waals surface area contributed by atoms with Gasteiger partial charge in [-0.1, -0.05) is 6.92 Å². The van der Waals surface area contributed by atoms with Crippen molar-refractivity contribution < 1.29 is 8.78 Å². The summed E-state index contributed by atoms with van der Waals surface area (Å²) in [5.74, 6) is -2.44. The van der Waals surface area contributed by atoms with Crippen molar-refractivity contribution in [2.45, 2.75) is 51.0 Å². The third-order valence-corrected chi connectivity index (χ3v) is 3.80. The third kappa shape index (κ3) is 2.88. The summed E-state index contributed by atoms with van der Waals surface area (Å²) in [7, 11) is 1.86. The van der Waals surface area contributed by atoms with E-state index in [1.165, 1.54) is 0 Å². The van der Waals surface area contributed by atoms with Gasteiger partial charge >= 0.3 is 0 Å². The second-order valence-corrected chi connectivity index (χ2v) is 5.34. The fourth-order valence-corrected chi connectivity index (χ4v) is 2.79. The summed E-state index contributed by atoms with van der Waals surface area (Å²) in [6.07, 6.45) is 2.06. The van der Waals surface area contributed by atoms with Gasteiger partial charge in [0.05, 0.1) is 11.4 Å². The molecule has 1 heterocycles. The Balaban J connectivity index is 1.99. The lowest BCUT2D eigenvalue weighted by Gasteiger charge is -2.16. The van der Waals surface area contributed by atoms with E-state index in [0.29, 0.717) is 12.8 Å². The number of hydrogen-bond acceptors (Lipinski definition) is 2. The standard InChI is InChI=1S/C13H21F2N3/c1-3-10-7-12(18(2)17-10)11(16)6-9-4-5-13(14,15)8-9/h7,9,11H,3-6,8,16H2,1-2H3. The van der Waals surface area contributed by atoms with E-state index in [1.807, 2.05) is 20.0 Å². The summed E-state index contributed by atoms with van der Waals surface area (Å²) < 4.78 is 28.0. The highest BCUT2D eigenvalue weighted by atomic mass is 19.3. The van der Waals surface area contributed by atoms with Crippen LogP contribution in [-0.4, -0.2) is 15.7 Å². The average Bonchev–Trinajstić information content (AvgIpc) is 2.81. The first-order chi connectivity index (χ1) is 8.41. The summed E-state index contributed by atoms with van der Waals surface area (Å²) in [5.41, 5.74) is 8.07. The van der Waals surface area contributed by atoms with Gasteiger partial charge < -0.3 is 5.73 Å². The van der Waals surface area contributed by atoms with Crippen LogP contribution in [0.2, 0.25) is 0 Å². The maximum Gasteiger partial charge on any atom is 0.248 e. The molecule has 1 aromatic heterocycles. The van der Waals surface area contributed by atoms with Crippen molar-refractivity contribution in [3.8, 4) is 0 Å². The van der Waals surface area contributed by atoms with Gasteiger partial charge in [0.15, 0.2) is 0 Å². The molecular formula is C13H21F2N3. The largest absolute Gasteiger partial charge is 0.323 e. The van der Waals surface area contributed by atoms with Crippen molar-refractivity contribution in [1.29, 1.82) is 0 Å². The molecule has 1 aliphatic carbocycles. The first-order valence-electron chi connectivity index (χ1n) is 6.57.